The molecule has 0 aliphatic heterocycles. The smallest absolute Gasteiger partial charge is 0.333 e. The molecule has 0 saturated heterocycles. The normalized spacial score (nSPS) is 12.4. The number of carboxylic acids is 1. The summed E-state index contributed by atoms with van der Waals surface area (Å²) < 4.78 is 4.54. The number of hydrogen-bond donors (Lipinski definition) is 2. The van der Waals surface area contributed by atoms with Crippen molar-refractivity contribution in [2.24, 2.45) is 11.7 Å². The second kappa shape index (κ2) is 14.9. The van der Waals surface area contributed by atoms with Crippen molar-refractivity contribution in [2.75, 3.05) is 13.7 Å². The van der Waals surface area contributed by atoms with Gasteiger partial charge in [0.25, 0.3) is 0 Å². The van der Waals surface area contributed by atoms with E-state index in [0.29, 0.717) is 30.0 Å². The summed E-state index contributed by atoms with van der Waals surface area (Å²) in [6.07, 6.45) is 5.93. The molecule has 0 aliphatic rings. The number of unbranched alkanes of at least 4 members (excludes halogenated alkanes) is 1. The maximum atomic E-state index is 10.9. The van der Waals surface area contributed by atoms with Crippen LogP contribution in [0.2, 0.25) is 0 Å². The Labute approximate surface area is 147 Å². The van der Waals surface area contributed by atoms with Crippen LogP contribution in [0.3, 0.4) is 0 Å². The Kier molecular flexibility index (Phi) is 15.3. The van der Waals surface area contributed by atoms with E-state index < -0.39 is 5.97 Å². The summed E-state index contributed by atoms with van der Waals surface area (Å²) in [4.78, 5) is 21.4. The molecule has 1 atom stereocenters. The lowest BCUT2D eigenvalue weighted by molar-refractivity contribution is -0.136. The van der Waals surface area contributed by atoms with Crippen LogP contribution in [0.25, 0.3) is 0 Å². The third kappa shape index (κ3) is 11.9. The molecule has 0 rings (SSSR count). The molecule has 140 valence electrons. The van der Waals surface area contributed by atoms with Gasteiger partial charge in [0.15, 0.2) is 0 Å². The number of aliphatic carboxylic acids is 1. The molecule has 5 nitrogen and oxygen atoms in total. The molecule has 0 saturated carbocycles. The van der Waals surface area contributed by atoms with Crippen molar-refractivity contribution in [3.63, 3.8) is 0 Å². The fourth-order valence-electron chi connectivity index (χ4n) is 2.11. The van der Waals surface area contributed by atoms with E-state index in [1.165, 1.54) is 20.0 Å². The van der Waals surface area contributed by atoms with E-state index >= 15 is 0 Å². The van der Waals surface area contributed by atoms with Gasteiger partial charge < -0.3 is 15.6 Å². The van der Waals surface area contributed by atoms with Crippen LogP contribution in [0.5, 0.6) is 0 Å². The maximum Gasteiger partial charge on any atom is 0.333 e. The largest absolute Gasteiger partial charge is 0.478 e. The highest BCUT2D eigenvalue weighted by Crippen LogP contribution is 2.20. The van der Waals surface area contributed by atoms with Crippen LogP contribution in [0.15, 0.2) is 23.3 Å². The van der Waals surface area contributed by atoms with E-state index in [1.807, 2.05) is 6.92 Å². The number of carbonyl (C=O) groups is 2. The summed E-state index contributed by atoms with van der Waals surface area (Å²) >= 11 is 0. The minimum atomic E-state index is -0.852. The van der Waals surface area contributed by atoms with Crippen molar-refractivity contribution >= 4 is 11.9 Å². The molecule has 0 aliphatic carbocycles. The van der Waals surface area contributed by atoms with Gasteiger partial charge in [0.2, 0.25) is 0 Å². The Morgan fingerprint density at radius 1 is 1.25 bits per heavy atom. The molecule has 0 amide bonds. The van der Waals surface area contributed by atoms with Crippen molar-refractivity contribution in [1.29, 1.82) is 0 Å². The van der Waals surface area contributed by atoms with Crippen molar-refractivity contribution < 1.29 is 19.4 Å². The molecule has 1 unspecified atom stereocenters. The molecular weight excluding hydrogens is 306 g/mol. The Morgan fingerprint density at radius 2 is 1.83 bits per heavy atom. The molecule has 0 bridgehead atoms. The summed E-state index contributed by atoms with van der Waals surface area (Å²) in [6, 6.07) is 0. The first-order valence-electron chi connectivity index (χ1n) is 8.60. The molecule has 0 heterocycles. The molecule has 0 aromatic rings. The summed E-state index contributed by atoms with van der Waals surface area (Å²) in [7, 11) is 1.38. The highest BCUT2D eigenvalue weighted by atomic mass is 16.5. The second-order valence-electron chi connectivity index (χ2n) is 5.96. The molecule has 0 radical (unpaired) electrons. The zero-order chi connectivity index (χ0) is 19.1. The van der Waals surface area contributed by atoms with Gasteiger partial charge in [-0.1, -0.05) is 51.7 Å². The molecule has 24 heavy (non-hydrogen) atoms. The van der Waals surface area contributed by atoms with Gasteiger partial charge in [-0.3, -0.25) is 0 Å². The minimum absolute atomic E-state index is 0.268. The van der Waals surface area contributed by atoms with E-state index in [0.717, 1.165) is 24.8 Å². The Morgan fingerprint density at radius 3 is 2.21 bits per heavy atom. The van der Waals surface area contributed by atoms with Crippen molar-refractivity contribution in [3.05, 3.63) is 23.3 Å². The third-order valence-corrected chi connectivity index (χ3v) is 4.03. The summed E-state index contributed by atoms with van der Waals surface area (Å²) in [5, 5.41) is 8.65. The van der Waals surface area contributed by atoms with Crippen molar-refractivity contribution in [2.45, 2.75) is 66.2 Å². The number of carboxylic acid groups (broad SMARTS) is 1. The summed E-state index contributed by atoms with van der Waals surface area (Å²) in [5.74, 6) is -0.616. The average Bonchev–Trinajstić information content (AvgIpc) is 2.57. The van der Waals surface area contributed by atoms with Gasteiger partial charge in [0.05, 0.1) is 7.11 Å². The molecular formula is C19H35NO4. The molecule has 0 spiro atoms. The quantitative estimate of drug-likeness (QED) is 0.461. The standard InChI is InChI=1S/C11H20O2.C8H15NO2/c1-4-6-7-10(5-2)8-9(3)11(12)13;1-6(4-5-9)7(2)8(10)11-3/h10H,3-8H2,1-2H3,(H,12,13);4-5,9H2,1-3H3. The lowest BCUT2D eigenvalue weighted by Crippen LogP contribution is -2.06. The van der Waals surface area contributed by atoms with Gasteiger partial charge >= 0.3 is 11.9 Å². The Hall–Kier alpha value is -1.62. The zero-order valence-corrected chi connectivity index (χ0v) is 16.0. The average molecular weight is 341 g/mol. The zero-order valence-electron chi connectivity index (χ0n) is 16.0. The van der Waals surface area contributed by atoms with Crippen LogP contribution in [0, 0.1) is 5.92 Å². The van der Waals surface area contributed by atoms with Gasteiger partial charge in [-0.05, 0) is 39.2 Å². The van der Waals surface area contributed by atoms with Gasteiger partial charge in [0, 0.05) is 11.1 Å². The monoisotopic (exact) mass is 341 g/mol. The van der Waals surface area contributed by atoms with Crippen LogP contribution in [-0.4, -0.2) is 30.7 Å². The number of rotatable bonds is 10. The first-order chi connectivity index (χ1) is 11.2. The van der Waals surface area contributed by atoms with E-state index in [2.05, 4.69) is 25.2 Å². The number of ether oxygens (including phenoxy) is 1. The predicted molar refractivity (Wildman–Crippen MR) is 98.8 cm³/mol. The Balaban J connectivity index is 0. The number of carbonyl (C=O) groups excluding carboxylic acids is 1. The first-order valence-corrected chi connectivity index (χ1v) is 8.60. The maximum absolute atomic E-state index is 10.9. The molecule has 3 N–H and O–H groups in total. The Bertz CT molecular complexity index is 427. The minimum Gasteiger partial charge on any atom is -0.478 e. The van der Waals surface area contributed by atoms with Crippen LogP contribution in [0.4, 0.5) is 0 Å². The van der Waals surface area contributed by atoms with Crippen molar-refractivity contribution in [1.82, 2.24) is 0 Å². The fraction of sp³-hybridized carbons (Fsp3) is 0.684. The van der Waals surface area contributed by atoms with Gasteiger partial charge in [-0.15, -0.1) is 0 Å². The highest BCUT2D eigenvalue weighted by Gasteiger charge is 2.11. The predicted octanol–water partition coefficient (Wildman–Crippen LogP) is 4.08. The number of nitrogens with two attached hydrogens (primary N) is 1. The third-order valence-electron chi connectivity index (χ3n) is 4.03. The second-order valence-corrected chi connectivity index (χ2v) is 5.96. The van der Waals surface area contributed by atoms with Crippen LogP contribution in [0.1, 0.15) is 66.2 Å². The highest BCUT2D eigenvalue weighted by molar-refractivity contribution is 5.88. The summed E-state index contributed by atoms with van der Waals surface area (Å²) in [6.45, 7) is 12.0. The van der Waals surface area contributed by atoms with E-state index in [9.17, 15) is 9.59 Å². The van der Waals surface area contributed by atoms with Crippen LogP contribution < -0.4 is 5.73 Å². The lowest BCUT2D eigenvalue weighted by Gasteiger charge is -2.13. The van der Waals surface area contributed by atoms with E-state index in [4.69, 9.17) is 10.8 Å². The number of esters is 1. The van der Waals surface area contributed by atoms with Gasteiger partial charge in [-0.2, -0.15) is 0 Å². The van der Waals surface area contributed by atoms with Crippen molar-refractivity contribution in [3.8, 4) is 0 Å². The number of hydrogen-bond acceptors (Lipinski definition) is 4. The van der Waals surface area contributed by atoms with Crippen LogP contribution in [-0.2, 0) is 14.3 Å². The molecule has 0 aromatic heterocycles. The van der Waals surface area contributed by atoms with Crippen LogP contribution >= 0.6 is 0 Å². The molecule has 5 heteroatoms. The number of methoxy groups -OCH3 is 1. The lowest BCUT2D eigenvalue weighted by atomic mass is 9.92. The molecule has 0 fully saturated rings. The summed E-state index contributed by atoms with van der Waals surface area (Å²) in [5.41, 5.74) is 7.34. The van der Waals surface area contributed by atoms with Gasteiger partial charge in [-0.25, -0.2) is 9.59 Å². The fourth-order valence-corrected chi connectivity index (χ4v) is 2.11. The van der Waals surface area contributed by atoms with E-state index in [1.54, 1.807) is 6.92 Å². The van der Waals surface area contributed by atoms with E-state index in [-0.39, 0.29) is 5.97 Å². The first kappa shape index (κ1) is 24.6. The topological polar surface area (TPSA) is 89.6 Å². The van der Waals surface area contributed by atoms with Gasteiger partial charge in [0.1, 0.15) is 0 Å². The SMILES string of the molecule is C=C(CC(CC)CCCC)C(=O)O.COC(=O)C(C)=C(C)CCN. The molecule has 0 aromatic carbocycles.